The van der Waals surface area contributed by atoms with E-state index >= 15 is 0 Å². The van der Waals surface area contributed by atoms with E-state index in [0.717, 1.165) is 24.2 Å². The molecule has 9 heteroatoms. The highest BCUT2D eigenvalue weighted by atomic mass is 35.5. The van der Waals surface area contributed by atoms with Gasteiger partial charge in [-0.05, 0) is 41.5 Å². The van der Waals surface area contributed by atoms with Crippen molar-refractivity contribution in [1.29, 1.82) is 0 Å². The highest BCUT2D eigenvalue weighted by Gasteiger charge is 2.22. The van der Waals surface area contributed by atoms with Crippen LogP contribution in [0.4, 0.5) is 10.1 Å². The minimum atomic E-state index is -0.518. The molecule has 0 spiro atoms. The predicted octanol–water partition coefficient (Wildman–Crippen LogP) is 4.92. The number of nitro benzene ring substituents is 1. The standard InChI is InChI=1S/C25H23ClFN3O4/c26-23-15-22(30(32)33)8-9-24(23)34-17-18-4-6-20(7-5-18)25(31)29-12-10-28(11-13-29)16-19-2-1-3-21(27)14-19/h1-9,14-15H,10-13,16-17H2. The zero-order valence-electron chi connectivity index (χ0n) is 18.3. The van der Waals surface area contributed by atoms with Gasteiger partial charge in [-0.15, -0.1) is 0 Å². The van der Waals surface area contributed by atoms with Crippen LogP contribution in [-0.4, -0.2) is 46.8 Å². The molecule has 0 bridgehead atoms. The fourth-order valence-electron chi connectivity index (χ4n) is 3.81. The maximum Gasteiger partial charge on any atom is 0.271 e. The number of rotatable bonds is 7. The fraction of sp³-hybridized carbons (Fsp3) is 0.240. The van der Waals surface area contributed by atoms with Crippen molar-refractivity contribution >= 4 is 23.2 Å². The van der Waals surface area contributed by atoms with Crippen LogP contribution in [0.1, 0.15) is 21.5 Å². The molecular weight excluding hydrogens is 461 g/mol. The van der Waals surface area contributed by atoms with E-state index in [2.05, 4.69) is 4.90 Å². The van der Waals surface area contributed by atoms with Crippen LogP contribution >= 0.6 is 11.6 Å². The summed E-state index contributed by atoms with van der Waals surface area (Å²) in [5.74, 6) is 0.0795. The predicted molar refractivity (Wildman–Crippen MR) is 126 cm³/mol. The Balaban J connectivity index is 1.28. The smallest absolute Gasteiger partial charge is 0.271 e. The molecule has 176 valence electrons. The number of hydrogen-bond acceptors (Lipinski definition) is 5. The Morgan fingerprint density at radius 1 is 1.00 bits per heavy atom. The van der Waals surface area contributed by atoms with Crippen LogP contribution in [0.15, 0.2) is 66.7 Å². The number of piperazine rings is 1. The highest BCUT2D eigenvalue weighted by molar-refractivity contribution is 6.32. The molecular formula is C25H23ClFN3O4. The number of amides is 1. The number of hydrogen-bond donors (Lipinski definition) is 0. The van der Waals surface area contributed by atoms with Gasteiger partial charge in [-0.3, -0.25) is 19.8 Å². The number of halogens is 2. The minimum Gasteiger partial charge on any atom is -0.487 e. The second-order valence-electron chi connectivity index (χ2n) is 8.06. The molecule has 0 atom stereocenters. The van der Waals surface area contributed by atoms with Gasteiger partial charge in [0, 0.05) is 50.4 Å². The molecule has 3 aromatic carbocycles. The maximum absolute atomic E-state index is 13.4. The lowest BCUT2D eigenvalue weighted by atomic mass is 10.1. The topological polar surface area (TPSA) is 75.9 Å². The van der Waals surface area contributed by atoms with Crippen LogP contribution in [0.5, 0.6) is 5.75 Å². The number of nitro groups is 1. The van der Waals surface area contributed by atoms with Crippen LogP contribution in [0.3, 0.4) is 0 Å². The van der Waals surface area contributed by atoms with Gasteiger partial charge in [-0.1, -0.05) is 35.9 Å². The molecule has 4 rings (SSSR count). The first-order chi connectivity index (χ1) is 16.4. The first-order valence-corrected chi connectivity index (χ1v) is 11.2. The summed E-state index contributed by atoms with van der Waals surface area (Å²) in [7, 11) is 0. The summed E-state index contributed by atoms with van der Waals surface area (Å²) in [6, 6.07) is 17.8. The van der Waals surface area contributed by atoms with Crippen LogP contribution in [0.2, 0.25) is 5.02 Å². The summed E-state index contributed by atoms with van der Waals surface area (Å²) >= 11 is 6.06. The van der Waals surface area contributed by atoms with E-state index in [4.69, 9.17) is 16.3 Å². The lowest BCUT2D eigenvalue weighted by molar-refractivity contribution is -0.384. The van der Waals surface area contributed by atoms with Crippen molar-refractivity contribution in [3.63, 3.8) is 0 Å². The molecule has 1 fully saturated rings. The molecule has 0 aromatic heterocycles. The summed E-state index contributed by atoms with van der Waals surface area (Å²) in [5.41, 5.74) is 2.25. The van der Waals surface area contributed by atoms with Gasteiger partial charge >= 0.3 is 0 Å². The Morgan fingerprint density at radius 2 is 1.74 bits per heavy atom. The highest BCUT2D eigenvalue weighted by Crippen LogP contribution is 2.29. The van der Waals surface area contributed by atoms with Gasteiger partial charge in [0.25, 0.3) is 11.6 Å². The molecule has 0 saturated carbocycles. The van der Waals surface area contributed by atoms with Crippen molar-refractivity contribution in [1.82, 2.24) is 9.80 Å². The van der Waals surface area contributed by atoms with Gasteiger partial charge in [0.05, 0.1) is 9.95 Å². The third-order valence-corrected chi connectivity index (χ3v) is 5.97. The van der Waals surface area contributed by atoms with Crippen molar-refractivity contribution < 1.29 is 18.8 Å². The third-order valence-electron chi connectivity index (χ3n) is 5.68. The number of nitrogens with zero attached hydrogens (tertiary/aromatic N) is 3. The van der Waals surface area contributed by atoms with Gasteiger partial charge < -0.3 is 9.64 Å². The molecule has 1 aliphatic heterocycles. The quantitative estimate of drug-likeness (QED) is 0.352. The first kappa shape index (κ1) is 23.7. The molecule has 7 nitrogen and oxygen atoms in total. The van der Waals surface area contributed by atoms with E-state index in [0.29, 0.717) is 30.9 Å². The van der Waals surface area contributed by atoms with Crippen LogP contribution in [0.25, 0.3) is 0 Å². The Bertz CT molecular complexity index is 1180. The Labute approximate surface area is 201 Å². The average Bonchev–Trinajstić information content (AvgIpc) is 2.83. The Hall–Kier alpha value is -3.49. The largest absolute Gasteiger partial charge is 0.487 e. The van der Waals surface area contributed by atoms with E-state index in [1.54, 1.807) is 24.3 Å². The lowest BCUT2D eigenvalue weighted by Gasteiger charge is -2.34. The molecule has 1 amide bonds. The maximum atomic E-state index is 13.4. The molecule has 0 unspecified atom stereocenters. The third kappa shape index (κ3) is 5.89. The van der Waals surface area contributed by atoms with E-state index in [-0.39, 0.29) is 29.0 Å². The molecule has 1 saturated heterocycles. The summed E-state index contributed by atoms with van der Waals surface area (Å²) in [6.07, 6.45) is 0. The first-order valence-electron chi connectivity index (χ1n) is 10.8. The molecule has 1 aliphatic rings. The SMILES string of the molecule is O=C(c1ccc(COc2ccc([N+](=O)[O-])cc2Cl)cc1)N1CCN(Cc2cccc(F)c2)CC1. The monoisotopic (exact) mass is 483 g/mol. The minimum absolute atomic E-state index is 0.0312. The van der Waals surface area contributed by atoms with Crippen LogP contribution in [-0.2, 0) is 13.2 Å². The number of carbonyl (C=O) groups is 1. The lowest BCUT2D eigenvalue weighted by Crippen LogP contribution is -2.48. The van der Waals surface area contributed by atoms with Gasteiger partial charge in [0.1, 0.15) is 18.2 Å². The summed E-state index contributed by atoms with van der Waals surface area (Å²) in [5, 5.41) is 11.0. The molecule has 3 aromatic rings. The summed E-state index contributed by atoms with van der Waals surface area (Å²) in [4.78, 5) is 27.2. The van der Waals surface area contributed by atoms with Crippen molar-refractivity contribution in [3.8, 4) is 5.75 Å². The van der Waals surface area contributed by atoms with Crippen molar-refractivity contribution in [2.24, 2.45) is 0 Å². The van der Waals surface area contributed by atoms with Gasteiger partial charge in [0.2, 0.25) is 0 Å². The normalized spacial score (nSPS) is 14.1. The van der Waals surface area contributed by atoms with E-state index < -0.39 is 4.92 Å². The number of benzene rings is 3. The zero-order valence-corrected chi connectivity index (χ0v) is 19.1. The molecule has 34 heavy (non-hydrogen) atoms. The fourth-order valence-corrected chi connectivity index (χ4v) is 4.04. The van der Waals surface area contributed by atoms with Crippen LogP contribution < -0.4 is 4.74 Å². The van der Waals surface area contributed by atoms with Gasteiger partial charge in [0.15, 0.2) is 0 Å². The van der Waals surface area contributed by atoms with Gasteiger partial charge in [-0.25, -0.2) is 4.39 Å². The summed E-state index contributed by atoms with van der Waals surface area (Å²) in [6.45, 7) is 3.54. The number of carbonyl (C=O) groups excluding carboxylic acids is 1. The average molecular weight is 484 g/mol. The van der Waals surface area contributed by atoms with Crippen molar-refractivity contribution in [3.05, 3.63) is 104 Å². The Kier molecular flexibility index (Phi) is 7.40. The van der Waals surface area contributed by atoms with Crippen molar-refractivity contribution in [2.45, 2.75) is 13.2 Å². The van der Waals surface area contributed by atoms with E-state index in [9.17, 15) is 19.3 Å². The second kappa shape index (κ2) is 10.6. The number of non-ortho nitro benzene ring substituents is 1. The molecule has 0 radical (unpaired) electrons. The van der Waals surface area contributed by atoms with Gasteiger partial charge in [-0.2, -0.15) is 0 Å². The zero-order chi connectivity index (χ0) is 24.1. The molecule has 0 aliphatic carbocycles. The Morgan fingerprint density at radius 3 is 2.38 bits per heavy atom. The molecule has 0 N–H and O–H groups in total. The summed E-state index contributed by atoms with van der Waals surface area (Å²) < 4.78 is 19.1. The van der Waals surface area contributed by atoms with Crippen LogP contribution in [0, 0.1) is 15.9 Å². The molecule has 1 heterocycles. The van der Waals surface area contributed by atoms with Crippen molar-refractivity contribution in [2.75, 3.05) is 26.2 Å². The second-order valence-corrected chi connectivity index (χ2v) is 8.46. The van der Waals surface area contributed by atoms with E-state index in [1.165, 1.54) is 24.3 Å². The number of ether oxygens (including phenoxy) is 1. The van der Waals surface area contributed by atoms with E-state index in [1.807, 2.05) is 23.1 Å².